The van der Waals surface area contributed by atoms with Gasteiger partial charge in [0, 0.05) is 13.6 Å². The number of sulfonamides is 1. The normalized spacial score (nSPS) is 11.3. The molecule has 0 radical (unpaired) electrons. The first kappa shape index (κ1) is 20.7. The van der Waals surface area contributed by atoms with E-state index < -0.39 is 16.0 Å². The van der Waals surface area contributed by atoms with E-state index >= 15 is 0 Å². The van der Waals surface area contributed by atoms with Crippen LogP contribution in [-0.4, -0.2) is 53.6 Å². The Balaban J connectivity index is 2.10. The summed E-state index contributed by atoms with van der Waals surface area (Å²) in [5, 5.41) is 0. The van der Waals surface area contributed by atoms with Crippen LogP contribution in [0.5, 0.6) is 11.5 Å². The monoisotopic (exact) mass is 393 g/mol. The molecule has 0 fully saturated rings. The van der Waals surface area contributed by atoms with Crippen LogP contribution in [0.25, 0.3) is 0 Å². The number of esters is 1. The highest BCUT2D eigenvalue weighted by molar-refractivity contribution is 7.89. The highest BCUT2D eigenvalue weighted by atomic mass is 32.2. The van der Waals surface area contributed by atoms with Crippen molar-refractivity contribution in [1.82, 2.24) is 4.31 Å². The molecule has 146 valence electrons. The molecule has 0 spiro atoms. The summed E-state index contributed by atoms with van der Waals surface area (Å²) in [5.41, 5.74) is 1.22. The highest BCUT2D eigenvalue weighted by Gasteiger charge is 2.21. The molecule has 0 saturated heterocycles. The lowest BCUT2D eigenvalue weighted by Gasteiger charge is -2.18. The molecular formula is C19H23NO6S. The second-order valence-corrected chi connectivity index (χ2v) is 7.83. The molecule has 0 bridgehead atoms. The van der Waals surface area contributed by atoms with E-state index in [1.165, 1.54) is 42.7 Å². The van der Waals surface area contributed by atoms with E-state index in [-0.39, 0.29) is 11.4 Å². The minimum Gasteiger partial charge on any atom is -0.493 e. The minimum absolute atomic E-state index is 0.116. The van der Waals surface area contributed by atoms with Crippen LogP contribution in [0, 0.1) is 0 Å². The summed E-state index contributed by atoms with van der Waals surface area (Å²) in [5.74, 6) is 0.701. The number of likely N-dealkylation sites (N-methyl/N-ethyl adjacent to an activating group) is 1. The summed E-state index contributed by atoms with van der Waals surface area (Å²) in [4.78, 5) is 11.6. The molecule has 2 aromatic rings. The molecule has 0 atom stereocenters. The third-order valence-corrected chi connectivity index (χ3v) is 6.02. The molecule has 0 saturated carbocycles. The zero-order chi connectivity index (χ0) is 20.0. The number of ether oxygens (including phenoxy) is 3. The molecule has 0 amide bonds. The van der Waals surface area contributed by atoms with Gasteiger partial charge in [0.25, 0.3) is 0 Å². The molecule has 0 unspecified atom stereocenters. The van der Waals surface area contributed by atoms with Crippen LogP contribution in [0.15, 0.2) is 47.4 Å². The first-order valence-corrected chi connectivity index (χ1v) is 9.63. The Hall–Kier alpha value is -2.58. The fraction of sp³-hybridized carbons (Fsp3) is 0.316. The Bertz CT molecular complexity index is 893. The van der Waals surface area contributed by atoms with Gasteiger partial charge in [-0.05, 0) is 48.4 Å². The second-order valence-electron chi connectivity index (χ2n) is 5.78. The van der Waals surface area contributed by atoms with E-state index in [1.54, 1.807) is 20.3 Å². The van der Waals surface area contributed by atoms with Crippen molar-refractivity contribution < 1.29 is 27.4 Å². The standard InChI is InChI=1S/C19H23NO6S/c1-20(12-11-14-5-10-17(24-2)18(13-14)25-3)27(22,23)16-8-6-15(7-9-16)19(21)26-4/h5-10,13H,11-12H2,1-4H3. The van der Waals surface area contributed by atoms with Crippen molar-refractivity contribution in [3.63, 3.8) is 0 Å². The molecular weight excluding hydrogens is 370 g/mol. The van der Waals surface area contributed by atoms with Gasteiger partial charge >= 0.3 is 5.97 Å². The van der Waals surface area contributed by atoms with Crippen LogP contribution in [0.4, 0.5) is 0 Å². The molecule has 7 nitrogen and oxygen atoms in total. The first-order valence-electron chi connectivity index (χ1n) is 8.19. The van der Waals surface area contributed by atoms with Crippen molar-refractivity contribution in [3.8, 4) is 11.5 Å². The summed E-state index contributed by atoms with van der Waals surface area (Å²) in [6.45, 7) is 0.288. The van der Waals surface area contributed by atoms with Gasteiger partial charge in [0.05, 0.1) is 31.8 Å². The predicted octanol–water partition coefficient (Wildman–Crippen LogP) is 2.35. The zero-order valence-electron chi connectivity index (χ0n) is 15.8. The Morgan fingerprint density at radius 3 is 2.15 bits per heavy atom. The number of rotatable bonds is 8. The van der Waals surface area contributed by atoms with Crippen molar-refractivity contribution in [2.24, 2.45) is 0 Å². The van der Waals surface area contributed by atoms with Gasteiger partial charge in [-0.15, -0.1) is 0 Å². The lowest BCUT2D eigenvalue weighted by molar-refractivity contribution is 0.0600. The van der Waals surface area contributed by atoms with Crippen molar-refractivity contribution in [2.75, 3.05) is 34.9 Å². The summed E-state index contributed by atoms with van der Waals surface area (Å²) in [6, 6.07) is 11.1. The molecule has 0 aliphatic heterocycles. The molecule has 0 heterocycles. The largest absolute Gasteiger partial charge is 0.493 e. The van der Waals surface area contributed by atoms with E-state index in [4.69, 9.17) is 9.47 Å². The number of carbonyl (C=O) groups is 1. The van der Waals surface area contributed by atoms with Crippen molar-refractivity contribution in [1.29, 1.82) is 0 Å². The fourth-order valence-electron chi connectivity index (χ4n) is 2.50. The zero-order valence-corrected chi connectivity index (χ0v) is 16.6. The van der Waals surface area contributed by atoms with Crippen LogP contribution < -0.4 is 9.47 Å². The van der Waals surface area contributed by atoms with Crippen molar-refractivity contribution >= 4 is 16.0 Å². The van der Waals surface area contributed by atoms with Gasteiger partial charge < -0.3 is 14.2 Å². The number of nitrogens with zero attached hydrogens (tertiary/aromatic N) is 1. The summed E-state index contributed by atoms with van der Waals surface area (Å²) in [6.07, 6.45) is 0.510. The number of benzene rings is 2. The Morgan fingerprint density at radius 2 is 1.59 bits per heavy atom. The SMILES string of the molecule is COC(=O)c1ccc(S(=O)(=O)N(C)CCc2ccc(OC)c(OC)c2)cc1. The van der Waals surface area contributed by atoms with Gasteiger partial charge in [-0.1, -0.05) is 6.07 Å². The quantitative estimate of drug-likeness (QED) is 0.641. The van der Waals surface area contributed by atoms with Gasteiger partial charge in [-0.25, -0.2) is 17.5 Å². The lowest BCUT2D eigenvalue weighted by Crippen LogP contribution is -2.29. The van der Waals surface area contributed by atoms with E-state index in [1.807, 2.05) is 12.1 Å². The maximum absolute atomic E-state index is 12.7. The summed E-state index contributed by atoms with van der Waals surface area (Å²) in [7, 11) is 2.24. The molecule has 2 aromatic carbocycles. The Kier molecular flexibility index (Phi) is 6.81. The minimum atomic E-state index is -3.66. The molecule has 0 aromatic heterocycles. The third-order valence-electron chi connectivity index (χ3n) is 4.15. The molecule has 8 heteroatoms. The van der Waals surface area contributed by atoms with Crippen LogP contribution in [0.3, 0.4) is 0 Å². The average Bonchev–Trinajstić information content (AvgIpc) is 2.70. The first-order chi connectivity index (χ1) is 12.8. The summed E-state index contributed by atoms with van der Waals surface area (Å²) >= 11 is 0. The van der Waals surface area contributed by atoms with E-state index in [2.05, 4.69) is 4.74 Å². The number of hydrogen-bond acceptors (Lipinski definition) is 6. The smallest absolute Gasteiger partial charge is 0.337 e. The molecule has 2 rings (SSSR count). The van der Waals surface area contributed by atoms with Crippen LogP contribution in [0.2, 0.25) is 0 Å². The Labute approximate surface area is 159 Å². The lowest BCUT2D eigenvalue weighted by atomic mass is 10.1. The second kappa shape index (κ2) is 8.88. The van der Waals surface area contributed by atoms with Crippen molar-refractivity contribution in [2.45, 2.75) is 11.3 Å². The topological polar surface area (TPSA) is 82.1 Å². The van der Waals surface area contributed by atoms with Crippen molar-refractivity contribution in [3.05, 3.63) is 53.6 Å². The third kappa shape index (κ3) is 4.78. The summed E-state index contributed by atoms with van der Waals surface area (Å²) < 4.78 is 41.7. The van der Waals surface area contributed by atoms with Gasteiger partial charge in [0.15, 0.2) is 11.5 Å². The number of hydrogen-bond donors (Lipinski definition) is 0. The van der Waals surface area contributed by atoms with Gasteiger partial charge in [0.1, 0.15) is 0 Å². The van der Waals surface area contributed by atoms with Gasteiger partial charge in [-0.3, -0.25) is 0 Å². The van der Waals surface area contributed by atoms with Crippen LogP contribution in [-0.2, 0) is 21.2 Å². The maximum Gasteiger partial charge on any atom is 0.337 e. The highest BCUT2D eigenvalue weighted by Crippen LogP contribution is 2.28. The number of carbonyl (C=O) groups excluding carboxylic acids is 1. The predicted molar refractivity (Wildman–Crippen MR) is 101 cm³/mol. The van der Waals surface area contributed by atoms with E-state index in [9.17, 15) is 13.2 Å². The van der Waals surface area contributed by atoms with Gasteiger partial charge in [-0.2, -0.15) is 0 Å². The average molecular weight is 393 g/mol. The maximum atomic E-state index is 12.7. The van der Waals surface area contributed by atoms with Crippen LogP contribution in [0.1, 0.15) is 15.9 Å². The van der Waals surface area contributed by atoms with Crippen LogP contribution >= 0.6 is 0 Å². The molecule has 0 N–H and O–H groups in total. The molecule has 27 heavy (non-hydrogen) atoms. The Morgan fingerprint density at radius 1 is 0.963 bits per heavy atom. The van der Waals surface area contributed by atoms with E-state index in [0.29, 0.717) is 23.5 Å². The molecule has 0 aliphatic carbocycles. The molecule has 0 aliphatic rings. The van der Waals surface area contributed by atoms with Gasteiger partial charge in [0.2, 0.25) is 10.0 Å². The van der Waals surface area contributed by atoms with E-state index in [0.717, 1.165) is 5.56 Å². The number of methoxy groups -OCH3 is 3. The fourth-order valence-corrected chi connectivity index (χ4v) is 3.68.